The quantitative estimate of drug-likeness (QED) is 0.867. The van der Waals surface area contributed by atoms with Crippen molar-refractivity contribution < 1.29 is 18.3 Å². The molecule has 0 aliphatic rings. The van der Waals surface area contributed by atoms with E-state index in [1.165, 1.54) is 19.2 Å². The molecule has 6 heteroatoms. The summed E-state index contributed by atoms with van der Waals surface area (Å²) in [6.07, 6.45) is 0. The van der Waals surface area contributed by atoms with Crippen molar-refractivity contribution in [1.29, 1.82) is 0 Å². The van der Waals surface area contributed by atoms with Crippen LogP contribution in [0.3, 0.4) is 0 Å². The van der Waals surface area contributed by atoms with Gasteiger partial charge in [-0.25, -0.2) is 13.6 Å². The molecular formula is C15H12ClF2NO2. The standard InChI is InChI=1S/C15H12ClF2NO2/c1-21-15(20)11-7-10(3-4-12(11)16)19-8-9-2-5-13(17)14(18)6-9/h2-7,19H,8H2,1H3. The second-order valence-corrected chi connectivity index (χ2v) is 4.70. The summed E-state index contributed by atoms with van der Waals surface area (Å²) in [7, 11) is 1.26. The molecule has 0 atom stereocenters. The zero-order valence-electron chi connectivity index (χ0n) is 11.1. The number of ether oxygens (including phenoxy) is 1. The maximum Gasteiger partial charge on any atom is 0.339 e. The van der Waals surface area contributed by atoms with Gasteiger partial charge in [0.1, 0.15) is 0 Å². The minimum absolute atomic E-state index is 0.231. The molecule has 0 aliphatic heterocycles. The van der Waals surface area contributed by atoms with Crippen LogP contribution in [0.5, 0.6) is 0 Å². The Kier molecular flexibility index (Phi) is 4.75. The van der Waals surface area contributed by atoms with E-state index in [9.17, 15) is 13.6 Å². The fourth-order valence-corrected chi connectivity index (χ4v) is 1.95. The number of hydrogen-bond acceptors (Lipinski definition) is 3. The summed E-state index contributed by atoms with van der Waals surface area (Å²) in [5.74, 6) is -2.34. The lowest BCUT2D eigenvalue weighted by atomic mass is 10.1. The highest BCUT2D eigenvalue weighted by Crippen LogP contribution is 2.22. The summed E-state index contributed by atoms with van der Waals surface area (Å²) < 4.78 is 30.5. The Morgan fingerprint density at radius 2 is 1.95 bits per heavy atom. The Balaban J connectivity index is 2.13. The Morgan fingerprint density at radius 1 is 1.19 bits per heavy atom. The van der Waals surface area contributed by atoms with Gasteiger partial charge in [-0.15, -0.1) is 0 Å². The molecule has 2 rings (SSSR count). The number of carbonyl (C=O) groups is 1. The monoisotopic (exact) mass is 311 g/mol. The third kappa shape index (κ3) is 3.70. The molecule has 0 aliphatic carbocycles. The van der Waals surface area contributed by atoms with Gasteiger partial charge in [-0.1, -0.05) is 17.7 Å². The summed E-state index contributed by atoms with van der Waals surface area (Å²) in [5, 5.41) is 3.28. The lowest BCUT2D eigenvalue weighted by Crippen LogP contribution is -2.05. The van der Waals surface area contributed by atoms with Crippen molar-refractivity contribution in [3.05, 3.63) is 64.2 Å². The van der Waals surface area contributed by atoms with Gasteiger partial charge in [0.25, 0.3) is 0 Å². The lowest BCUT2D eigenvalue weighted by Gasteiger charge is -2.09. The normalized spacial score (nSPS) is 10.3. The van der Waals surface area contributed by atoms with Crippen molar-refractivity contribution in [1.82, 2.24) is 0 Å². The molecule has 0 amide bonds. The Hall–Kier alpha value is -2.14. The molecule has 110 valence electrons. The summed E-state index contributed by atoms with van der Waals surface area (Å²) >= 11 is 5.91. The first-order valence-electron chi connectivity index (χ1n) is 6.07. The van der Waals surface area contributed by atoms with Gasteiger partial charge < -0.3 is 10.1 Å². The summed E-state index contributed by atoms with van der Waals surface area (Å²) in [6, 6.07) is 8.42. The minimum atomic E-state index is -0.902. The van der Waals surface area contributed by atoms with Crippen LogP contribution in [0, 0.1) is 11.6 Å². The predicted molar refractivity (Wildman–Crippen MR) is 76.5 cm³/mol. The molecule has 21 heavy (non-hydrogen) atoms. The summed E-state index contributed by atoms with van der Waals surface area (Å²) in [5.41, 5.74) is 1.42. The molecule has 0 fully saturated rings. The molecule has 0 radical (unpaired) electrons. The van der Waals surface area contributed by atoms with Crippen LogP contribution < -0.4 is 5.32 Å². The first kappa shape index (κ1) is 15.3. The van der Waals surface area contributed by atoms with Crippen molar-refractivity contribution in [2.24, 2.45) is 0 Å². The van der Waals surface area contributed by atoms with Crippen molar-refractivity contribution in [2.75, 3.05) is 12.4 Å². The molecule has 0 spiro atoms. The van der Waals surface area contributed by atoms with Crippen LogP contribution in [0.25, 0.3) is 0 Å². The fraction of sp³-hybridized carbons (Fsp3) is 0.133. The number of anilines is 1. The maximum atomic E-state index is 13.1. The first-order chi connectivity index (χ1) is 10.0. The van der Waals surface area contributed by atoms with Crippen LogP contribution in [0.1, 0.15) is 15.9 Å². The van der Waals surface area contributed by atoms with E-state index in [4.69, 9.17) is 11.6 Å². The lowest BCUT2D eigenvalue weighted by molar-refractivity contribution is 0.0601. The average molecular weight is 312 g/mol. The van der Waals surface area contributed by atoms with Crippen LogP contribution in [-0.4, -0.2) is 13.1 Å². The molecule has 2 aromatic carbocycles. The van der Waals surface area contributed by atoms with Crippen molar-refractivity contribution in [2.45, 2.75) is 6.54 Å². The van der Waals surface area contributed by atoms with E-state index in [1.807, 2.05) is 0 Å². The van der Waals surface area contributed by atoms with Gasteiger partial charge in [0, 0.05) is 12.2 Å². The molecule has 0 bridgehead atoms. The molecule has 0 aromatic heterocycles. The average Bonchev–Trinajstić information content (AvgIpc) is 2.49. The van der Waals surface area contributed by atoms with Crippen LogP contribution in [0.4, 0.5) is 14.5 Å². The highest BCUT2D eigenvalue weighted by molar-refractivity contribution is 6.33. The van der Waals surface area contributed by atoms with Gasteiger partial charge in [-0.3, -0.25) is 0 Å². The van der Waals surface area contributed by atoms with Gasteiger partial charge >= 0.3 is 5.97 Å². The van der Waals surface area contributed by atoms with E-state index < -0.39 is 17.6 Å². The molecule has 0 saturated heterocycles. The van der Waals surface area contributed by atoms with Crippen LogP contribution in [0.15, 0.2) is 36.4 Å². The molecule has 0 heterocycles. The number of carbonyl (C=O) groups excluding carboxylic acids is 1. The first-order valence-corrected chi connectivity index (χ1v) is 6.44. The number of methoxy groups -OCH3 is 1. The van der Waals surface area contributed by atoms with E-state index in [-0.39, 0.29) is 17.1 Å². The molecule has 2 aromatic rings. The van der Waals surface area contributed by atoms with E-state index in [0.29, 0.717) is 11.3 Å². The number of nitrogens with one attached hydrogen (secondary N) is 1. The van der Waals surface area contributed by atoms with E-state index in [0.717, 1.165) is 12.1 Å². The third-order valence-corrected chi connectivity index (χ3v) is 3.18. The third-order valence-electron chi connectivity index (χ3n) is 2.85. The zero-order valence-corrected chi connectivity index (χ0v) is 11.9. The number of esters is 1. The van der Waals surface area contributed by atoms with Gasteiger partial charge in [0.15, 0.2) is 11.6 Å². The highest BCUT2D eigenvalue weighted by Gasteiger charge is 2.11. The number of rotatable bonds is 4. The smallest absolute Gasteiger partial charge is 0.339 e. The maximum absolute atomic E-state index is 13.1. The van der Waals surface area contributed by atoms with Gasteiger partial charge in [-0.05, 0) is 35.9 Å². The number of benzene rings is 2. The Bertz CT molecular complexity index is 677. The fourth-order valence-electron chi connectivity index (χ4n) is 1.76. The van der Waals surface area contributed by atoms with Crippen molar-refractivity contribution in [3.63, 3.8) is 0 Å². The van der Waals surface area contributed by atoms with Crippen molar-refractivity contribution >= 4 is 23.3 Å². The molecule has 1 N–H and O–H groups in total. The summed E-state index contributed by atoms with van der Waals surface area (Å²) in [6.45, 7) is 0.277. The minimum Gasteiger partial charge on any atom is -0.465 e. The van der Waals surface area contributed by atoms with Gasteiger partial charge in [0.05, 0.1) is 17.7 Å². The van der Waals surface area contributed by atoms with Crippen LogP contribution >= 0.6 is 11.6 Å². The number of halogens is 3. The largest absolute Gasteiger partial charge is 0.465 e. The molecule has 0 unspecified atom stereocenters. The molecular weight excluding hydrogens is 300 g/mol. The topological polar surface area (TPSA) is 38.3 Å². The molecule has 0 saturated carbocycles. The van der Waals surface area contributed by atoms with Crippen LogP contribution in [0.2, 0.25) is 5.02 Å². The Labute approximate surface area is 125 Å². The van der Waals surface area contributed by atoms with E-state index in [1.54, 1.807) is 12.1 Å². The number of hydrogen-bond donors (Lipinski definition) is 1. The zero-order chi connectivity index (χ0) is 15.4. The van der Waals surface area contributed by atoms with Crippen molar-refractivity contribution in [3.8, 4) is 0 Å². The second-order valence-electron chi connectivity index (χ2n) is 4.29. The van der Waals surface area contributed by atoms with E-state index >= 15 is 0 Å². The SMILES string of the molecule is COC(=O)c1cc(NCc2ccc(F)c(F)c2)ccc1Cl. The van der Waals surface area contributed by atoms with Crippen LogP contribution in [-0.2, 0) is 11.3 Å². The molecule has 3 nitrogen and oxygen atoms in total. The van der Waals surface area contributed by atoms with Gasteiger partial charge in [0.2, 0.25) is 0 Å². The highest BCUT2D eigenvalue weighted by atomic mass is 35.5. The Morgan fingerprint density at radius 3 is 2.62 bits per heavy atom. The summed E-state index contributed by atoms with van der Waals surface area (Å²) in [4.78, 5) is 11.5. The second kappa shape index (κ2) is 6.54. The predicted octanol–water partition coefficient (Wildman–Crippen LogP) is 4.02. The van der Waals surface area contributed by atoms with E-state index in [2.05, 4.69) is 10.1 Å². The van der Waals surface area contributed by atoms with Gasteiger partial charge in [-0.2, -0.15) is 0 Å².